The first kappa shape index (κ1) is 11.4. The average Bonchev–Trinajstić information content (AvgIpc) is 2.64. The minimum absolute atomic E-state index is 0.290. The van der Waals surface area contributed by atoms with Gasteiger partial charge in [-0.15, -0.1) is 0 Å². The number of hydrogen-bond donors (Lipinski definition) is 1. The van der Waals surface area contributed by atoms with Gasteiger partial charge in [0.2, 0.25) is 0 Å². The van der Waals surface area contributed by atoms with E-state index < -0.39 is 0 Å². The highest BCUT2D eigenvalue weighted by atomic mass is 16.5. The zero-order valence-electron chi connectivity index (χ0n) is 10.1. The molecule has 2 heteroatoms. The molecule has 0 aromatic heterocycles. The summed E-state index contributed by atoms with van der Waals surface area (Å²) in [6.45, 7) is 4.52. The van der Waals surface area contributed by atoms with Crippen molar-refractivity contribution < 1.29 is 4.74 Å². The third-order valence-corrected chi connectivity index (χ3v) is 4.22. The molecular formula is C13H25NO. The van der Waals surface area contributed by atoms with E-state index in [1.807, 2.05) is 0 Å². The molecule has 0 aromatic carbocycles. The molecule has 0 aromatic rings. The second-order valence-corrected chi connectivity index (χ2v) is 5.67. The summed E-state index contributed by atoms with van der Waals surface area (Å²) in [6.07, 6.45) is 8.54. The fourth-order valence-electron chi connectivity index (χ4n) is 3.25. The lowest BCUT2D eigenvalue weighted by atomic mass is 9.77. The molecule has 1 saturated heterocycles. The number of ether oxygens (including phenoxy) is 1. The molecule has 0 spiro atoms. The largest absolute Gasteiger partial charge is 0.374 e. The van der Waals surface area contributed by atoms with Crippen LogP contribution in [0.15, 0.2) is 0 Å². The fraction of sp³-hybridized carbons (Fsp3) is 1.00. The van der Waals surface area contributed by atoms with Crippen LogP contribution in [0.4, 0.5) is 0 Å². The highest BCUT2D eigenvalue weighted by molar-refractivity contribution is 4.87. The summed E-state index contributed by atoms with van der Waals surface area (Å²) >= 11 is 0. The van der Waals surface area contributed by atoms with Crippen molar-refractivity contribution in [2.75, 3.05) is 0 Å². The van der Waals surface area contributed by atoms with Gasteiger partial charge in [0.05, 0.1) is 12.2 Å². The molecule has 1 aliphatic carbocycles. The van der Waals surface area contributed by atoms with E-state index in [-0.39, 0.29) is 6.04 Å². The Labute approximate surface area is 93.6 Å². The van der Waals surface area contributed by atoms with E-state index in [4.69, 9.17) is 10.5 Å². The second kappa shape index (κ2) is 4.84. The first-order valence-electron chi connectivity index (χ1n) is 6.58. The van der Waals surface area contributed by atoms with Crippen molar-refractivity contribution in [2.24, 2.45) is 17.6 Å². The van der Waals surface area contributed by atoms with Gasteiger partial charge in [-0.1, -0.05) is 19.8 Å². The Bertz CT molecular complexity index is 207. The first-order chi connectivity index (χ1) is 7.16. The zero-order valence-corrected chi connectivity index (χ0v) is 10.1. The lowest BCUT2D eigenvalue weighted by Crippen LogP contribution is -2.43. The van der Waals surface area contributed by atoms with Gasteiger partial charge in [0.1, 0.15) is 0 Å². The summed E-state index contributed by atoms with van der Waals surface area (Å²) in [5.74, 6) is 1.58. The maximum absolute atomic E-state index is 6.35. The van der Waals surface area contributed by atoms with Crippen LogP contribution in [0.2, 0.25) is 0 Å². The molecule has 5 atom stereocenters. The smallest absolute Gasteiger partial charge is 0.0733 e. The maximum atomic E-state index is 6.35. The van der Waals surface area contributed by atoms with Gasteiger partial charge in [-0.25, -0.2) is 0 Å². The Morgan fingerprint density at radius 2 is 1.93 bits per heavy atom. The molecule has 2 N–H and O–H groups in total. The number of rotatable bonds is 2. The van der Waals surface area contributed by atoms with Crippen LogP contribution in [0.1, 0.15) is 52.4 Å². The predicted octanol–water partition coefficient (Wildman–Crippen LogP) is 2.71. The highest BCUT2D eigenvalue weighted by Crippen LogP contribution is 2.34. The van der Waals surface area contributed by atoms with E-state index >= 15 is 0 Å². The molecule has 88 valence electrons. The van der Waals surface area contributed by atoms with Crippen LogP contribution in [0.25, 0.3) is 0 Å². The van der Waals surface area contributed by atoms with Gasteiger partial charge in [0, 0.05) is 6.04 Å². The Morgan fingerprint density at radius 1 is 1.13 bits per heavy atom. The van der Waals surface area contributed by atoms with Crippen molar-refractivity contribution in [1.82, 2.24) is 0 Å². The Hall–Kier alpha value is -0.0800. The third-order valence-electron chi connectivity index (χ3n) is 4.22. The van der Waals surface area contributed by atoms with Crippen LogP contribution in [0, 0.1) is 11.8 Å². The monoisotopic (exact) mass is 211 g/mol. The van der Waals surface area contributed by atoms with Crippen molar-refractivity contribution in [2.45, 2.75) is 70.6 Å². The molecule has 2 nitrogen and oxygen atoms in total. The van der Waals surface area contributed by atoms with Crippen LogP contribution in [-0.4, -0.2) is 18.2 Å². The van der Waals surface area contributed by atoms with E-state index in [1.165, 1.54) is 38.5 Å². The predicted molar refractivity (Wildman–Crippen MR) is 62.7 cm³/mol. The average molecular weight is 211 g/mol. The topological polar surface area (TPSA) is 35.2 Å². The Kier molecular flexibility index (Phi) is 3.68. The lowest BCUT2D eigenvalue weighted by molar-refractivity contribution is 0.0200. The van der Waals surface area contributed by atoms with Crippen molar-refractivity contribution in [3.63, 3.8) is 0 Å². The van der Waals surface area contributed by atoms with Gasteiger partial charge < -0.3 is 10.5 Å². The van der Waals surface area contributed by atoms with Gasteiger partial charge in [-0.2, -0.15) is 0 Å². The molecule has 1 aliphatic heterocycles. The normalized spacial score (nSPS) is 44.2. The fourth-order valence-corrected chi connectivity index (χ4v) is 3.25. The lowest BCUT2D eigenvalue weighted by Gasteiger charge is -2.34. The van der Waals surface area contributed by atoms with Crippen LogP contribution >= 0.6 is 0 Å². The quantitative estimate of drug-likeness (QED) is 0.762. The van der Waals surface area contributed by atoms with Gasteiger partial charge in [-0.05, 0) is 44.4 Å². The van der Waals surface area contributed by atoms with Crippen LogP contribution < -0.4 is 5.73 Å². The van der Waals surface area contributed by atoms with Crippen molar-refractivity contribution in [3.05, 3.63) is 0 Å². The Balaban J connectivity index is 1.86. The highest BCUT2D eigenvalue weighted by Gasteiger charge is 2.33. The number of hydrogen-bond acceptors (Lipinski definition) is 2. The summed E-state index contributed by atoms with van der Waals surface area (Å²) in [5.41, 5.74) is 6.35. The SMILES string of the molecule is CC1CCCC(C(N)C2CCC(C)O2)C1. The van der Waals surface area contributed by atoms with E-state index in [2.05, 4.69) is 13.8 Å². The van der Waals surface area contributed by atoms with Gasteiger partial charge in [0.15, 0.2) is 0 Å². The Morgan fingerprint density at radius 3 is 2.53 bits per heavy atom. The van der Waals surface area contributed by atoms with E-state index in [1.54, 1.807) is 0 Å². The molecule has 5 unspecified atom stereocenters. The molecule has 2 rings (SSSR count). The van der Waals surface area contributed by atoms with E-state index in [9.17, 15) is 0 Å². The minimum atomic E-state index is 0.290. The van der Waals surface area contributed by atoms with Crippen LogP contribution in [0.5, 0.6) is 0 Å². The maximum Gasteiger partial charge on any atom is 0.0733 e. The summed E-state index contributed by atoms with van der Waals surface area (Å²) in [6, 6.07) is 0.290. The van der Waals surface area contributed by atoms with E-state index in [0.29, 0.717) is 18.1 Å². The van der Waals surface area contributed by atoms with Gasteiger partial charge in [0.25, 0.3) is 0 Å². The molecular weight excluding hydrogens is 186 g/mol. The van der Waals surface area contributed by atoms with Gasteiger partial charge in [-0.3, -0.25) is 0 Å². The van der Waals surface area contributed by atoms with Gasteiger partial charge >= 0.3 is 0 Å². The number of nitrogens with two attached hydrogens (primary N) is 1. The van der Waals surface area contributed by atoms with Crippen LogP contribution in [0.3, 0.4) is 0 Å². The second-order valence-electron chi connectivity index (χ2n) is 5.67. The summed E-state index contributed by atoms with van der Waals surface area (Å²) in [5, 5.41) is 0. The van der Waals surface area contributed by atoms with E-state index in [0.717, 1.165) is 5.92 Å². The standard InChI is InChI=1S/C13H25NO/c1-9-4-3-5-11(8-9)13(14)12-7-6-10(2)15-12/h9-13H,3-8,14H2,1-2H3. The molecule has 1 saturated carbocycles. The summed E-state index contributed by atoms with van der Waals surface area (Å²) in [7, 11) is 0. The summed E-state index contributed by atoms with van der Waals surface area (Å²) < 4.78 is 5.89. The zero-order chi connectivity index (χ0) is 10.8. The third kappa shape index (κ3) is 2.73. The molecule has 15 heavy (non-hydrogen) atoms. The molecule has 0 radical (unpaired) electrons. The van der Waals surface area contributed by atoms with Crippen molar-refractivity contribution in [1.29, 1.82) is 0 Å². The van der Waals surface area contributed by atoms with Crippen molar-refractivity contribution >= 4 is 0 Å². The molecule has 0 bridgehead atoms. The molecule has 2 aliphatic rings. The molecule has 0 amide bonds. The molecule has 1 heterocycles. The van der Waals surface area contributed by atoms with Crippen molar-refractivity contribution in [3.8, 4) is 0 Å². The first-order valence-corrected chi connectivity index (χ1v) is 6.58. The van der Waals surface area contributed by atoms with Crippen LogP contribution in [-0.2, 0) is 4.74 Å². The summed E-state index contributed by atoms with van der Waals surface area (Å²) in [4.78, 5) is 0. The molecule has 2 fully saturated rings. The minimum Gasteiger partial charge on any atom is -0.374 e.